The molecule has 6 rings (SSSR count). The Kier molecular flexibility index (Phi) is 14.7. The number of benzene rings is 3. The molecule has 0 fully saturated rings. The van der Waals surface area contributed by atoms with Gasteiger partial charge in [0.1, 0.15) is 0 Å². The van der Waals surface area contributed by atoms with Crippen molar-refractivity contribution >= 4 is 18.2 Å². The van der Waals surface area contributed by atoms with Crippen LogP contribution in [0.5, 0.6) is 0 Å². The van der Waals surface area contributed by atoms with E-state index in [1.807, 2.05) is 48.2 Å². The molecule has 3 amide bonds. The number of carbonyl (C=O) groups is 3. The maximum absolute atomic E-state index is 15.0. The number of nitrogens with zero attached hydrogens (tertiary/aromatic N) is 4. The van der Waals surface area contributed by atoms with Gasteiger partial charge in [0.25, 0.3) is 5.91 Å². The molecule has 0 radical (unpaired) electrons. The summed E-state index contributed by atoms with van der Waals surface area (Å²) < 4.78 is 2.36. The van der Waals surface area contributed by atoms with Gasteiger partial charge in [0.05, 0.1) is 18.7 Å². The molecule has 0 saturated heterocycles. The van der Waals surface area contributed by atoms with Crippen LogP contribution in [0.3, 0.4) is 0 Å². The van der Waals surface area contributed by atoms with Crippen molar-refractivity contribution in [3.63, 3.8) is 0 Å². The van der Waals surface area contributed by atoms with E-state index < -0.39 is 0 Å². The van der Waals surface area contributed by atoms with Crippen LogP contribution in [0.25, 0.3) is 11.3 Å². The van der Waals surface area contributed by atoms with Crippen LogP contribution in [0.4, 0.5) is 0 Å². The highest BCUT2D eigenvalue weighted by atomic mass is 16.2. The minimum atomic E-state index is 0.0810. The summed E-state index contributed by atoms with van der Waals surface area (Å²) in [7, 11) is 6.20. The Morgan fingerprint density at radius 1 is 0.911 bits per heavy atom. The monoisotopic (exact) mass is 755 g/mol. The van der Waals surface area contributed by atoms with Crippen molar-refractivity contribution in [2.75, 3.05) is 27.2 Å². The van der Waals surface area contributed by atoms with Gasteiger partial charge in [-0.1, -0.05) is 74.9 Å². The number of amides is 3. The molecule has 1 aromatic heterocycles. The molecule has 8 nitrogen and oxygen atoms in total. The molecule has 2 aliphatic heterocycles. The van der Waals surface area contributed by atoms with Crippen molar-refractivity contribution in [2.45, 2.75) is 105 Å². The highest BCUT2D eigenvalue weighted by Crippen LogP contribution is 2.39. The Balaban J connectivity index is 0.00000194. The van der Waals surface area contributed by atoms with E-state index in [0.717, 1.165) is 79.2 Å². The van der Waals surface area contributed by atoms with Gasteiger partial charge in [0.2, 0.25) is 12.3 Å². The topological polar surface area (TPSA) is 91.9 Å². The number of aromatic nitrogens is 1. The second kappa shape index (κ2) is 19.6. The Labute approximate surface area is 335 Å². The molecule has 0 aliphatic carbocycles. The maximum atomic E-state index is 15.0. The number of hydrogen-bond donors (Lipinski definition) is 1. The predicted octanol–water partition coefficient (Wildman–Crippen LogP) is 7.41. The lowest BCUT2D eigenvalue weighted by molar-refractivity contribution is -0.131. The average molecular weight is 756 g/mol. The van der Waals surface area contributed by atoms with Crippen molar-refractivity contribution < 1.29 is 14.4 Å². The first-order valence-corrected chi connectivity index (χ1v) is 20.4. The van der Waals surface area contributed by atoms with Gasteiger partial charge in [0, 0.05) is 55.1 Å². The largest absolute Gasteiger partial charge is 0.372 e. The quantitative estimate of drug-likeness (QED) is 0.128. The molecule has 296 valence electrons. The summed E-state index contributed by atoms with van der Waals surface area (Å²) >= 11 is 0. The molecule has 1 atom stereocenters. The lowest BCUT2D eigenvalue weighted by atomic mass is 9.87. The number of unbranched alkanes of at least 4 members (excludes halogenated alkanes) is 2. The number of hydrogen-bond acceptors (Lipinski definition) is 4. The molecule has 56 heavy (non-hydrogen) atoms. The van der Waals surface area contributed by atoms with Crippen LogP contribution in [0.2, 0.25) is 0 Å². The van der Waals surface area contributed by atoms with Crippen LogP contribution in [-0.4, -0.2) is 70.7 Å². The number of rotatable bonds is 11. The lowest BCUT2D eigenvalue weighted by Crippen LogP contribution is -2.43. The van der Waals surface area contributed by atoms with Crippen molar-refractivity contribution in [2.24, 2.45) is 12.8 Å². The predicted molar refractivity (Wildman–Crippen MR) is 227 cm³/mol. The SMILES string of the molecule is CCCCc1c(CCCC)c(-c2cc3c(cc2C(=O)N2Cc4ccccc4C[C@H]2C)CN(C(=O)Cc2ccc(C#CCN(C)C)cc2)CC3)n(C)c1C.NC=O. The Morgan fingerprint density at radius 3 is 2.23 bits per heavy atom. The van der Waals surface area contributed by atoms with Gasteiger partial charge >= 0.3 is 0 Å². The Bertz CT molecular complexity index is 2070. The standard InChI is InChI=1S/C47H58N4O2.CH3NO/c1-8-10-18-41-34(4)49(7)46(42(41)19-11-9-2)43-29-38-24-26-50(45(52)28-36-22-20-35(21-23-36)15-14-25-48(5)6)31-40(38)30-44(43)47(53)51-32-39-17-13-12-16-37(39)27-33(51)3;2-1-3/h12-13,16-17,20-23,29-30,33H,8-11,18-19,24-28,31-32H2,1-7H3;1H,(H2,2,3)/t33-;/m1./s1. The minimum Gasteiger partial charge on any atom is -0.372 e. The summed E-state index contributed by atoms with van der Waals surface area (Å²) in [6.07, 6.45) is 8.84. The van der Waals surface area contributed by atoms with E-state index in [1.165, 1.54) is 39.2 Å². The summed E-state index contributed by atoms with van der Waals surface area (Å²) in [5.74, 6) is 6.57. The molecule has 0 unspecified atom stereocenters. The van der Waals surface area contributed by atoms with Crippen LogP contribution in [0, 0.1) is 18.8 Å². The Hall–Kier alpha value is -5.13. The molecule has 2 aliphatic rings. The third-order valence-electron chi connectivity index (χ3n) is 11.4. The zero-order valence-corrected chi connectivity index (χ0v) is 34.7. The summed E-state index contributed by atoms with van der Waals surface area (Å²) in [4.78, 5) is 43.4. The van der Waals surface area contributed by atoms with Crippen LogP contribution >= 0.6 is 0 Å². The van der Waals surface area contributed by atoms with Crippen LogP contribution in [0.1, 0.15) is 107 Å². The van der Waals surface area contributed by atoms with Gasteiger partial charge in [0.15, 0.2) is 0 Å². The van der Waals surface area contributed by atoms with E-state index in [9.17, 15) is 4.79 Å². The molecule has 0 spiro atoms. The molecule has 0 saturated carbocycles. The molecular weight excluding hydrogens is 695 g/mol. The fraction of sp³-hybridized carbons (Fsp3) is 0.438. The second-order valence-electron chi connectivity index (χ2n) is 15.7. The first-order valence-electron chi connectivity index (χ1n) is 20.4. The Morgan fingerprint density at radius 2 is 1.57 bits per heavy atom. The lowest BCUT2D eigenvalue weighted by Gasteiger charge is -2.36. The second-order valence-corrected chi connectivity index (χ2v) is 15.7. The summed E-state index contributed by atoms with van der Waals surface area (Å²) in [6.45, 7) is 11.4. The fourth-order valence-electron chi connectivity index (χ4n) is 8.18. The van der Waals surface area contributed by atoms with Crippen molar-refractivity contribution in [3.05, 3.63) is 116 Å². The average Bonchev–Trinajstić information content (AvgIpc) is 3.42. The zero-order chi connectivity index (χ0) is 40.4. The number of carbonyl (C=O) groups excluding carboxylic acids is 3. The fourth-order valence-corrected chi connectivity index (χ4v) is 8.18. The van der Waals surface area contributed by atoms with Gasteiger partial charge in [-0.3, -0.25) is 19.3 Å². The third-order valence-corrected chi connectivity index (χ3v) is 11.4. The van der Waals surface area contributed by atoms with Crippen molar-refractivity contribution in [1.29, 1.82) is 0 Å². The van der Waals surface area contributed by atoms with E-state index in [0.29, 0.717) is 32.6 Å². The van der Waals surface area contributed by atoms with Crippen LogP contribution in [-0.2, 0) is 61.8 Å². The normalized spacial score (nSPS) is 14.6. The van der Waals surface area contributed by atoms with Crippen LogP contribution in [0.15, 0.2) is 60.7 Å². The third kappa shape index (κ3) is 9.81. The van der Waals surface area contributed by atoms with E-state index in [1.54, 1.807) is 0 Å². The van der Waals surface area contributed by atoms with Gasteiger partial charge in [-0.2, -0.15) is 0 Å². The van der Waals surface area contributed by atoms with Crippen molar-refractivity contribution in [1.82, 2.24) is 19.3 Å². The van der Waals surface area contributed by atoms with Gasteiger partial charge in [-0.15, -0.1) is 0 Å². The highest BCUT2D eigenvalue weighted by molar-refractivity contribution is 6.02. The van der Waals surface area contributed by atoms with E-state index in [-0.39, 0.29) is 24.3 Å². The first-order chi connectivity index (χ1) is 27.0. The number of fused-ring (bicyclic) bond motifs is 2. The molecular formula is C48H61N5O3. The summed E-state index contributed by atoms with van der Waals surface area (Å²) in [5.41, 5.74) is 18.2. The molecule has 0 bridgehead atoms. The minimum absolute atomic E-state index is 0.0810. The summed E-state index contributed by atoms with van der Waals surface area (Å²) in [6, 6.07) is 21.1. The van der Waals surface area contributed by atoms with Gasteiger partial charge < -0.3 is 20.1 Å². The van der Waals surface area contributed by atoms with Gasteiger partial charge in [-0.05, 0) is 130 Å². The van der Waals surface area contributed by atoms with Crippen molar-refractivity contribution in [3.8, 4) is 23.1 Å². The number of primary amides is 1. The van der Waals surface area contributed by atoms with E-state index in [2.05, 4.69) is 98.2 Å². The molecule has 3 aromatic carbocycles. The molecule has 4 aromatic rings. The van der Waals surface area contributed by atoms with Gasteiger partial charge in [-0.25, -0.2) is 0 Å². The van der Waals surface area contributed by atoms with E-state index in [4.69, 9.17) is 4.79 Å². The smallest absolute Gasteiger partial charge is 0.255 e. The number of nitrogens with two attached hydrogens (primary N) is 1. The first kappa shape index (κ1) is 42.0. The molecule has 3 heterocycles. The molecule has 2 N–H and O–H groups in total. The van der Waals surface area contributed by atoms with E-state index >= 15 is 4.79 Å². The molecule has 8 heteroatoms. The summed E-state index contributed by atoms with van der Waals surface area (Å²) in [5, 5.41) is 0. The zero-order valence-electron chi connectivity index (χ0n) is 34.7. The maximum Gasteiger partial charge on any atom is 0.255 e. The highest BCUT2D eigenvalue weighted by Gasteiger charge is 2.33. The van der Waals surface area contributed by atoms with Crippen LogP contribution < -0.4 is 5.73 Å².